The van der Waals surface area contributed by atoms with Crippen LogP contribution >= 0.6 is 11.6 Å². The van der Waals surface area contributed by atoms with E-state index in [-0.39, 0.29) is 0 Å². The highest BCUT2D eigenvalue weighted by atomic mass is 35.5. The zero-order chi connectivity index (χ0) is 15.2. The predicted octanol–water partition coefficient (Wildman–Crippen LogP) is 4.78. The fourth-order valence-electron chi connectivity index (χ4n) is 2.98. The zero-order valence-electron chi connectivity index (χ0n) is 12.7. The topological polar surface area (TPSA) is 21.3 Å². The molecule has 0 amide bonds. The van der Waals surface area contributed by atoms with E-state index in [9.17, 15) is 0 Å². The van der Waals surface area contributed by atoms with E-state index >= 15 is 0 Å². The first-order valence-corrected chi connectivity index (χ1v) is 8.39. The molecule has 1 heterocycles. The van der Waals surface area contributed by atoms with Crippen LogP contribution < -0.4 is 10.1 Å². The number of halogens is 1. The molecule has 0 saturated carbocycles. The molecular formula is C19H22ClNO. The van der Waals surface area contributed by atoms with Crippen LogP contribution in [0.5, 0.6) is 5.75 Å². The number of rotatable bonds is 5. The number of hydrogen-bond acceptors (Lipinski definition) is 2. The van der Waals surface area contributed by atoms with Crippen molar-refractivity contribution in [1.82, 2.24) is 5.32 Å². The van der Waals surface area contributed by atoms with E-state index in [1.54, 1.807) is 0 Å². The number of hydrogen-bond donors (Lipinski definition) is 1. The molecule has 1 aliphatic heterocycles. The Kier molecular flexibility index (Phi) is 5.36. The standard InChI is InChI=1S/C19H22ClNO/c20-17-8-9-19(18(13-17)16-6-2-1-3-7-16)22-12-10-15-5-4-11-21-14-15/h1-3,6-9,13,15,21H,4-5,10-12,14H2. The van der Waals surface area contributed by atoms with E-state index in [1.165, 1.54) is 12.8 Å². The Morgan fingerprint density at radius 1 is 1.14 bits per heavy atom. The summed E-state index contributed by atoms with van der Waals surface area (Å²) in [4.78, 5) is 0. The molecule has 3 rings (SSSR count). The molecule has 1 N–H and O–H groups in total. The summed E-state index contributed by atoms with van der Waals surface area (Å²) in [5.74, 6) is 1.65. The molecule has 0 spiro atoms. The van der Waals surface area contributed by atoms with Gasteiger partial charge in [-0.2, -0.15) is 0 Å². The predicted molar refractivity (Wildman–Crippen MR) is 92.6 cm³/mol. The smallest absolute Gasteiger partial charge is 0.127 e. The molecule has 1 fully saturated rings. The molecule has 1 aliphatic rings. The second kappa shape index (κ2) is 7.66. The van der Waals surface area contributed by atoms with E-state index in [0.717, 1.165) is 53.9 Å². The summed E-state index contributed by atoms with van der Waals surface area (Å²) < 4.78 is 6.06. The van der Waals surface area contributed by atoms with Crippen molar-refractivity contribution in [3.63, 3.8) is 0 Å². The van der Waals surface area contributed by atoms with Gasteiger partial charge in [0.25, 0.3) is 0 Å². The monoisotopic (exact) mass is 315 g/mol. The summed E-state index contributed by atoms with van der Waals surface area (Å²) >= 11 is 6.16. The fraction of sp³-hybridized carbons (Fsp3) is 0.368. The van der Waals surface area contributed by atoms with Gasteiger partial charge in [-0.15, -0.1) is 0 Å². The molecule has 2 aromatic rings. The lowest BCUT2D eigenvalue weighted by molar-refractivity contribution is 0.255. The summed E-state index contributed by atoms with van der Waals surface area (Å²) in [5.41, 5.74) is 2.20. The maximum Gasteiger partial charge on any atom is 0.127 e. The molecular weight excluding hydrogens is 294 g/mol. The second-order valence-corrected chi connectivity index (χ2v) is 6.29. The van der Waals surface area contributed by atoms with Gasteiger partial charge in [0.15, 0.2) is 0 Å². The van der Waals surface area contributed by atoms with Crippen LogP contribution in [0.15, 0.2) is 48.5 Å². The van der Waals surface area contributed by atoms with Gasteiger partial charge in [0.2, 0.25) is 0 Å². The number of benzene rings is 2. The SMILES string of the molecule is Clc1ccc(OCCC2CCCNC2)c(-c2ccccc2)c1. The first-order chi connectivity index (χ1) is 10.8. The van der Waals surface area contributed by atoms with E-state index in [4.69, 9.17) is 16.3 Å². The van der Waals surface area contributed by atoms with Gasteiger partial charge in [0, 0.05) is 10.6 Å². The summed E-state index contributed by atoms with van der Waals surface area (Å²) in [5, 5.41) is 4.19. The van der Waals surface area contributed by atoms with Crippen molar-refractivity contribution in [2.75, 3.05) is 19.7 Å². The number of nitrogens with one attached hydrogen (secondary N) is 1. The lowest BCUT2D eigenvalue weighted by Gasteiger charge is -2.23. The minimum atomic E-state index is 0.737. The Labute approximate surface area is 137 Å². The van der Waals surface area contributed by atoms with Gasteiger partial charge in [0.1, 0.15) is 5.75 Å². The average Bonchev–Trinajstić information content (AvgIpc) is 2.58. The van der Waals surface area contributed by atoms with Gasteiger partial charge in [-0.25, -0.2) is 0 Å². The van der Waals surface area contributed by atoms with Crippen LogP contribution in [0.3, 0.4) is 0 Å². The largest absolute Gasteiger partial charge is 0.493 e. The van der Waals surface area contributed by atoms with Crippen LogP contribution in [0.4, 0.5) is 0 Å². The fourth-order valence-corrected chi connectivity index (χ4v) is 3.15. The van der Waals surface area contributed by atoms with Crippen molar-refractivity contribution in [3.05, 3.63) is 53.6 Å². The maximum atomic E-state index is 6.16. The molecule has 2 aromatic carbocycles. The van der Waals surface area contributed by atoms with Crippen LogP contribution in [0, 0.1) is 5.92 Å². The first-order valence-electron chi connectivity index (χ1n) is 8.01. The van der Waals surface area contributed by atoms with Crippen LogP contribution in [-0.4, -0.2) is 19.7 Å². The van der Waals surface area contributed by atoms with Gasteiger partial charge >= 0.3 is 0 Å². The van der Waals surface area contributed by atoms with Crippen molar-refractivity contribution >= 4 is 11.6 Å². The Balaban J connectivity index is 1.68. The van der Waals surface area contributed by atoms with Crippen molar-refractivity contribution in [3.8, 4) is 16.9 Å². The Hall–Kier alpha value is -1.51. The Bertz CT molecular complexity index is 594. The highest BCUT2D eigenvalue weighted by molar-refractivity contribution is 6.31. The average molecular weight is 316 g/mol. The van der Waals surface area contributed by atoms with Crippen molar-refractivity contribution in [1.29, 1.82) is 0 Å². The summed E-state index contributed by atoms with van der Waals surface area (Å²) in [6, 6.07) is 16.1. The molecule has 2 nitrogen and oxygen atoms in total. The minimum Gasteiger partial charge on any atom is -0.493 e. The Morgan fingerprint density at radius 2 is 2.00 bits per heavy atom. The summed E-state index contributed by atoms with van der Waals surface area (Å²) in [6.45, 7) is 3.04. The van der Waals surface area contributed by atoms with Crippen LogP contribution in [0.2, 0.25) is 5.02 Å². The highest BCUT2D eigenvalue weighted by Crippen LogP contribution is 2.32. The third kappa shape index (κ3) is 4.02. The second-order valence-electron chi connectivity index (χ2n) is 5.86. The molecule has 0 aromatic heterocycles. The van der Waals surface area contributed by atoms with E-state index in [2.05, 4.69) is 17.4 Å². The molecule has 0 aliphatic carbocycles. The first kappa shape index (κ1) is 15.4. The third-order valence-electron chi connectivity index (χ3n) is 4.21. The highest BCUT2D eigenvalue weighted by Gasteiger charge is 2.13. The van der Waals surface area contributed by atoms with Crippen molar-refractivity contribution < 1.29 is 4.74 Å². The van der Waals surface area contributed by atoms with Crippen LogP contribution in [0.1, 0.15) is 19.3 Å². The van der Waals surface area contributed by atoms with Crippen LogP contribution in [0.25, 0.3) is 11.1 Å². The van der Waals surface area contributed by atoms with Gasteiger partial charge in [-0.05, 0) is 62.0 Å². The number of ether oxygens (including phenoxy) is 1. The van der Waals surface area contributed by atoms with Gasteiger partial charge in [0.05, 0.1) is 6.61 Å². The Morgan fingerprint density at radius 3 is 2.77 bits per heavy atom. The van der Waals surface area contributed by atoms with E-state index in [1.807, 2.05) is 36.4 Å². The summed E-state index contributed by atoms with van der Waals surface area (Å²) in [7, 11) is 0. The lowest BCUT2D eigenvalue weighted by atomic mass is 9.97. The normalized spacial score (nSPS) is 18.1. The molecule has 1 saturated heterocycles. The van der Waals surface area contributed by atoms with Gasteiger partial charge < -0.3 is 10.1 Å². The molecule has 1 atom stereocenters. The molecule has 22 heavy (non-hydrogen) atoms. The van der Waals surface area contributed by atoms with Crippen molar-refractivity contribution in [2.24, 2.45) is 5.92 Å². The van der Waals surface area contributed by atoms with E-state index in [0.29, 0.717) is 0 Å². The molecule has 0 radical (unpaired) electrons. The lowest BCUT2D eigenvalue weighted by Crippen LogP contribution is -2.30. The zero-order valence-corrected chi connectivity index (χ0v) is 13.5. The quantitative estimate of drug-likeness (QED) is 0.857. The maximum absolute atomic E-state index is 6.16. The van der Waals surface area contributed by atoms with Gasteiger partial charge in [-0.1, -0.05) is 41.9 Å². The van der Waals surface area contributed by atoms with Gasteiger partial charge in [-0.3, -0.25) is 0 Å². The van der Waals surface area contributed by atoms with Crippen LogP contribution in [-0.2, 0) is 0 Å². The van der Waals surface area contributed by atoms with Crippen molar-refractivity contribution in [2.45, 2.75) is 19.3 Å². The molecule has 1 unspecified atom stereocenters. The minimum absolute atomic E-state index is 0.737. The summed E-state index contributed by atoms with van der Waals surface area (Å²) in [6.07, 6.45) is 3.69. The van der Waals surface area contributed by atoms with E-state index < -0.39 is 0 Å². The molecule has 0 bridgehead atoms. The molecule has 116 valence electrons. The number of piperidine rings is 1. The molecule has 3 heteroatoms. The third-order valence-corrected chi connectivity index (χ3v) is 4.44.